The van der Waals surface area contributed by atoms with Gasteiger partial charge in [0.2, 0.25) is 12.5 Å². The van der Waals surface area contributed by atoms with Crippen LogP contribution < -0.4 is 19.5 Å². The van der Waals surface area contributed by atoms with Crippen LogP contribution in [0.1, 0.15) is 37.7 Å². The summed E-state index contributed by atoms with van der Waals surface area (Å²) in [6.07, 6.45) is 8.81. The van der Waals surface area contributed by atoms with E-state index in [1.165, 1.54) is 25.7 Å². The first-order valence-electron chi connectivity index (χ1n) is 7.72. The van der Waals surface area contributed by atoms with Crippen LogP contribution in [0.15, 0.2) is 23.8 Å². The van der Waals surface area contributed by atoms with Gasteiger partial charge in [-0.1, -0.05) is 11.6 Å². The van der Waals surface area contributed by atoms with Crippen molar-refractivity contribution >= 4 is 0 Å². The smallest absolute Gasteiger partial charge is 0.231 e. The van der Waals surface area contributed by atoms with Crippen LogP contribution in [-0.4, -0.2) is 20.4 Å². The summed E-state index contributed by atoms with van der Waals surface area (Å²) in [5.74, 6) is 2.24. The number of nitrogens with one attached hydrogen (secondary N) is 1. The molecule has 1 aromatic carbocycles. The van der Waals surface area contributed by atoms with Gasteiger partial charge in [-0.15, -0.1) is 0 Å². The van der Waals surface area contributed by atoms with E-state index in [1.807, 2.05) is 12.1 Å². The quantitative estimate of drug-likeness (QED) is 0.643. The van der Waals surface area contributed by atoms with Crippen molar-refractivity contribution in [1.29, 1.82) is 0 Å². The second kappa shape index (κ2) is 6.85. The lowest BCUT2D eigenvalue weighted by molar-refractivity contribution is 0.171. The van der Waals surface area contributed by atoms with Crippen molar-refractivity contribution in [2.24, 2.45) is 0 Å². The van der Waals surface area contributed by atoms with E-state index in [0.717, 1.165) is 36.6 Å². The first-order valence-corrected chi connectivity index (χ1v) is 7.72. The van der Waals surface area contributed by atoms with Gasteiger partial charge in [0.1, 0.15) is 0 Å². The van der Waals surface area contributed by atoms with Crippen molar-refractivity contribution in [3.63, 3.8) is 0 Å². The summed E-state index contributed by atoms with van der Waals surface area (Å²) in [6.45, 7) is 2.11. The van der Waals surface area contributed by atoms with E-state index in [9.17, 15) is 0 Å². The molecule has 2 aliphatic rings. The monoisotopic (exact) mass is 289 g/mol. The maximum absolute atomic E-state index is 5.44. The number of rotatable bonds is 6. The second-order valence-electron chi connectivity index (χ2n) is 5.57. The van der Waals surface area contributed by atoms with Crippen LogP contribution in [0.5, 0.6) is 17.2 Å². The second-order valence-corrected chi connectivity index (χ2v) is 5.57. The molecule has 0 unspecified atom stereocenters. The molecule has 114 valence electrons. The average Bonchev–Trinajstić information content (AvgIpc) is 3.00. The SMILES string of the molecule is COc1cc(CNCCC2=CCCCC2)cc2c1OCO2. The zero-order chi connectivity index (χ0) is 14.5. The van der Waals surface area contributed by atoms with Gasteiger partial charge in [0.15, 0.2) is 11.5 Å². The highest BCUT2D eigenvalue weighted by molar-refractivity contribution is 5.55. The van der Waals surface area contributed by atoms with Gasteiger partial charge in [0.05, 0.1) is 7.11 Å². The van der Waals surface area contributed by atoms with Crippen LogP contribution in [0.4, 0.5) is 0 Å². The Bertz CT molecular complexity index is 525. The van der Waals surface area contributed by atoms with Crippen molar-refractivity contribution in [2.75, 3.05) is 20.4 Å². The third-order valence-corrected chi connectivity index (χ3v) is 4.06. The minimum atomic E-state index is 0.275. The van der Waals surface area contributed by atoms with Gasteiger partial charge >= 0.3 is 0 Å². The van der Waals surface area contributed by atoms with Gasteiger partial charge in [0, 0.05) is 6.54 Å². The molecule has 21 heavy (non-hydrogen) atoms. The highest BCUT2D eigenvalue weighted by Gasteiger charge is 2.19. The summed E-state index contributed by atoms with van der Waals surface area (Å²) in [6, 6.07) is 4.04. The van der Waals surface area contributed by atoms with Crippen LogP contribution in [0.2, 0.25) is 0 Å². The molecule has 0 bridgehead atoms. The van der Waals surface area contributed by atoms with Gasteiger partial charge in [0.25, 0.3) is 0 Å². The van der Waals surface area contributed by atoms with E-state index in [-0.39, 0.29) is 6.79 Å². The number of allylic oxidation sites excluding steroid dienone is 1. The first-order chi connectivity index (χ1) is 10.4. The van der Waals surface area contributed by atoms with Gasteiger partial charge in [-0.05, 0) is 56.3 Å². The van der Waals surface area contributed by atoms with Crippen LogP contribution >= 0.6 is 0 Å². The van der Waals surface area contributed by atoms with Gasteiger partial charge in [-0.25, -0.2) is 0 Å². The minimum absolute atomic E-state index is 0.275. The number of fused-ring (bicyclic) bond motifs is 1. The Morgan fingerprint density at radius 3 is 3.00 bits per heavy atom. The van der Waals surface area contributed by atoms with E-state index in [2.05, 4.69) is 11.4 Å². The lowest BCUT2D eigenvalue weighted by atomic mass is 9.97. The fourth-order valence-corrected chi connectivity index (χ4v) is 2.90. The highest BCUT2D eigenvalue weighted by atomic mass is 16.7. The van der Waals surface area contributed by atoms with Crippen LogP contribution in [0, 0.1) is 0 Å². The Kier molecular flexibility index (Phi) is 4.65. The van der Waals surface area contributed by atoms with E-state index in [0.29, 0.717) is 5.75 Å². The first kappa shape index (κ1) is 14.3. The number of benzene rings is 1. The third kappa shape index (κ3) is 3.50. The fourth-order valence-electron chi connectivity index (χ4n) is 2.90. The summed E-state index contributed by atoms with van der Waals surface area (Å²) in [7, 11) is 1.66. The van der Waals surface area contributed by atoms with Crippen LogP contribution in [0.3, 0.4) is 0 Å². The minimum Gasteiger partial charge on any atom is -0.493 e. The van der Waals surface area contributed by atoms with E-state index in [4.69, 9.17) is 14.2 Å². The summed E-state index contributed by atoms with van der Waals surface area (Å²) in [5, 5.41) is 3.50. The number of hydrogen-bond donors (Lipinski definition) is 1. The Morgan fingerprint density at radius 2 is 2.19 bits per heavy atom. The molecular weight excluding hydrogens is 266 g/mol. The van der Waals surface area contributed by atoms with E-state index in [1.54, 1.807) is 12.7 Å². The maximum Gasteiger partial charge on any atom is 0.231 e. The van der Waals surface area contributed by atoms with Gasteiger partial charge in [-0.3, -0.25) is 0 Å². The lowest BCUT2D eigenvalue weighted by Crippen LogP contribution is -2.15. The number of ether oxygens (including phenoxy) is 3. The van der Waals surface area contributed by atoms with Crippen LogP contribution in [0.25, 0.3) is 0 Å². The summed E-state index contributed by atoms with van der Waals surface area (Å²) in [4.78, 5) is 0. The summed E-state index contributed by atoms with van der Waals surface area (Å²) >= 11 is 0. The fraction of sp³-hybridized carbons (Fsp3) is 0.529. The van der Waals surface area contributed by atoms with Crippen molar-refractivity contribution in [2.45, 2.75) is 38.6 Å². The molecule has 0 spiro atoms. The predicted molar refractivity (Wildman–Crippen MR) is 82.0 cm³/mol. The van der Waals surface area contributed by atoms with Crippen molar-refractivity contribution in [1.82, 2.24) is 5.32 Å². The van der Waals surface area contributed by atoms with Crippen molar-refractivity contribution in [3.8, 4) is 17.2 Å². The predicted octanol–water partition coefficient (Wildman–Crippen LogP) is 3.40. The molecule has 1 N–H and O–H groups in total. The molecule has 4 heteroatoms. The van der Waals surface area contributed by atoms with Gasteiger partial charge < -0.3 is 19.5 Å². The largest absolute Gasteiger partial charge is 0.493 e. The molecule has 1 aliphatic carbocycles. The standard InChI is InChI=1S/C17H23NO3/c1-19-15-9-14(10-16-17(15)21-12-20-16)11-18-8-7-13-5-3-2-4-6-13/h5,9-10,18H,2-4,6-8,11-12H2,1H3. The highest BCUT2D eigenvalue weighted by Crippen LogP contribution is 2.41. The molecule has 1 heterocycles. The van der Waals surface area contributed by atoms with E-state index < -0.39 is 0 Å². The molecule has 0 amide bonds. The van der Waals surface area contributed by atoms with Gasteiger partial charge in [-0.2, -0.15) is 0 Å². The Morgan fingerprint density at radius 1 is 1.24 bits per heavy atom. The normalized spacial score (nSPS) is 16.7. The molecule has 1 aliphatic heterocycles. The molecule has 0 saturated heterocycles. The lowest BCUT2D eigenvalue weighted by Gasteiger charge is -2.13. The molecule has 0 radical (unpaired) electrons. The molecule has 0 atom stereocenters. The number of methoxy groups -OCH3 is 1. The third-order valence-electron chi connectivity index (χ3n) is 4.06. The molecule has 1 aromatic rings. The van der Waals surface area contributed by atoms with Crippen molar-refractivity contribution < 1.29 is 14.2 Å². The van der Waals surface area contributed by atoms with E-state index >= 15 is 0 Å². The summed E-state index contributed by atoms with van der Waals surface area (Å²) in [5.41, 5.74) is 2.77. The molecule has 0 aromatic heterocycles. The van der Waals surface area contributed by atoms with Crippen LogP contribution in [-0.2, 0) is 6.54 Å². The van der Waals surface area contributed by atoms with Crippen molar-refractivity contribution in [3.05, 3.63) is 29.3 Å². The Labute approximate surface area is 126 Å². The zero-order valence-electron chi connectivity index (χ0n) is 12.6. The molecule has 0 saturated carbocycles. The molecular formula is C17H23NO3. The number of hydrogen-bond acceptors (Lipinski definition) is 4. The maximum atomic E-state index is 5.44. The molecule has 4 nitrogen and oxygen atoms in total. The molecule has 0 fully saturated rings. The summed E-state index contributed by atoms with van der Waals surface area (Å²) < 4.78 is 16.2. The average molecular weight is 289 g/mol. The Balaban J connectivity index is 1.52. The molecule has 3 rings (SSSR count). The topological polar surface area (TPSA) is 39.7 Å². The zero-order valence-corrected chi connectivity index (χ0v) is 12.6. The Hall–Kier alpha value is -1.68.